The number of pyridine rings is 1. The Bertz CT molecular complexity index is 1070. The number of carbonyl (C=O) groups is 1. The number of benzene rings is 1. The van der Waals surface area contributed by atoms with Gasteiger partial charge in [-0.1, -0.05) is 18.2 Å². The van der Waals surface area contributed by atoms with Crippen molar-refractivity contribution in [3.63, 3.8) is 0 Å². The number of nitrogens with zero attached hydrogens (tertiary/aromatic N) is 3. The number of aryl methyl sites for hydroxylation is 1. The second-order valence-corrected chi connectivity index (χ2v) is 6.55. The minimum Gasteiger partial charge on any atom is -0.464 e. The molecule has 124 valence electrons. The fourth-order valence-electron chi connectivity index (χ4n) is 2.65. The van der Waals surface area contributed by atoms with Gasteiger partial charge in [0.1, 0.15) is 10.7 Å². The third-order valence-electron chi connectivity index (χ3n) is 3.85. The maximum absolute atomic E-state index is 12.2. The topological polar surface area (TPSA) is 80.8 Å². The predicted octanol–water partition coefficient (Wildman–Crippen LogP) is 3.84. The first-order valence-electron chi connectivity index (χ1n) is 7.62. The summed E-state index contributed by atoms with van der Waals surface area (Å²) >= 11 is 1.40. The summed E-state index contributed by atoms with van der Waals surface area (Å²) in [6, 6.07) is 9.78. The van der Waals surface area contributed by atoms with E-state index in [-0.39, 0.29) is 5.69 Å². The number of methoxy groups -OCH3 is 1. The van der Waals surface area contributed by atoms with E-state index in [1.54, 1.807) is 12.4 Å². The first kappa shape index (κ1) is 15.5. The molecule has 3 aromatic heterocycles. The largest absolute Gasteiger partial charge is 0.464 e. The van der Waals surface area contributed by atoms with Gasteiger partial charge in [0.2, 0.25) is 0 Å². The van der Waals surface area contributed by atoms with Crippen LogP contribution in [0.3, 0.4) is 0 Å². The van der Waals surface area contributed by atoms with Crippen LogP contribution in [0.15, 0.2) is 42.7 Å². The standard InChI is InChI=1S/C18H14N4O2S/c1-10-5-6-12-13(8-10)21-22-14(12)17-20-15(18(23)24-2)16(25-17)11-4-3-7-19-9-11/h3-9H,1-2H3,(H,21,22). The summed E-state index contributed by atoms with van der Waals surface area (Å²) in [4.78, 5) is 21.5. The molecule has 0 unspecified atom stereocenters. The average molecular weight is 350 g/mol. The number of hydrogen-bond donors (Lipinski definition) is 1. The Morgan fingerprint density at radius 2 is 2.16 bits per heavy atom. The van der Waals surface area contributed by atoms with Crippen LogP contribution in [0.5, 0.6) is 0 Å². The summed E-state index contributed by atoms with van der Waals surface area (Å²) in [7, 11) is 1.35. The number of carbonyl (C=O) groups excluding carboxylic acids is 1. The summed E-state index contributed by atoms with van der Waals surface area (Å²) in [5, 5.41) is 9.05. The number of rotatable bonds is 3. The second-order valence-electron chi connectivity index (χ2n) is 5.55. The lowest BCUT2D eigenvalue weighted by Gasteiger charge is -1.99. The zero-order chi connectivity index (χ0) is 17.4. The Kier molecular flexibility index (Phi) is 3.77. The third-order valence-corrected chi connectivity index (χ3v) is 4.96. The molecule has 7 heteroatoms. The molecule has 0 bridgehead atoms. The third kappa shape index (κ3) is 2.68. The van der Waals surface area contributed by atoms with Gasteiger partial charge >= 0.3 is 5.97 Å². The zero-order valence-electron chi connectivity index (χ0n) is 13.6. The van der Waals surface area contributed by atoms with Crippen LogP contribution in [0.1, 0.15) is 16.1 Å². The van der Waals surface area contributed by atoms with Crippen molar-refractivity contribution in [1.82, 2.24) is 20.2 Å². The number of nitrogens with one attached hydrogen (secondary N) is 1. The van der Waals surface area contributed by atoms with Gasteiger partial charge in [-0.15, -0.1) is 11.3 Å². The quantitative estimate of drug-likeness (QED) is 0.568. The maximum atomic E-state index is 12.2. The second kappa shape index (κ2) is 6.10. The smallest absolute Gasteiger partial charge is 0.358 e. The normalized spacial score (nSPS) is 11.0. The molecule has 0 aliphatic rings. The molecule has 0 amide bonds. The molecule has 1 N–H and O–H groups in total. The van der Waals surface area contributed by atoms with Crippen LogP contribution < -0.4 is 0 Å². The molecule has 0 radical (unpaired) electrons. The van der Waals surface area contributed by atoms with E-state index in [4.69, 9.17) is 4.74 Å². The monoisotopic (exact) mass is 350 g/mol. The Hall–Kier alpha value is -3.06. The van der Waals surface area contributed by atoms with Crippen LogP contribution in [-0.4, -0.2) is 33.2 Å². The van der Waals surface area contributed by atoms with E-state index in [0.717, 1.165) is 32.6 Å². The summed E-state index contributed by atoms with van der Waals surface area (Å²) in [5.74, 6) is -0.475. The lowest BCUT2D eigenvalue weighted by Crippen LogP contribution is -2.03. The number of aromatic nitrogens is 4. The first-order chi connectivity index (χ1) is 12.2. The van der Waals surface area contributed by atoms with Crippen LogP contribution in [-0.2, 0) is 4.74 Å². The minimum absolute atomic E-state index is 0.277. The number of esters is 1. The molecule has 1 aromatic carbocycles. The lowest BCUT2D eigenvalue weighted by atomic mass is 10.1. The fourth-order valence-corrected chi connectivity index (χ4v) is 3.69. The van der Waals surface area contributed by atoms with Gasteiger partial charge in [0, 0.05) is 23.3 Å². The molecule has 3 heterocycles. The number of fused-ring (bicyclic) bond motifs is 1. The molecule has 6 nitrogen and oxygen atoms in total. The van der Waals surface area contributed by atoms with Crippen molar-refractivity contribution in [2.75, 3.05) is 7.11 Å². The van der Waals surface area contributed by atoms with Crippen LogP contribution in [0, 0.1) is 6.92 Å². The van der Waals surface area contributed by atoms with Crippen LogP contribution in [0.25, 0.3) is 32.0 Å². The Labute approximate surface area is 147 Å². The van der Waals surface area contributed by atoms with Crippen molar-refractivity contribution in [2.24, 2.45) is 0 Å². The molecule has 0 aliphatic carbocycles. The van der Waals surface area contributed by atoms with Crippen molar-refractivity contribution in [1.29, 1.82) is 0 Å². The van der Waals surface area contributed by atoms with E-state index in [2.05, 4.69) is 20.2 Å². The van der Waals surface area contributed by atoms with Crippen LogP contribution in [0.2, 0.25) is 0 Å². The molecule has 4 aromatic rings. The Balaban J connectivity index is 1.91. The molecule has 0 spiro atoms. The predicted molar refractivity (Wildman–Crippen MR) is 96.5 cm³/mol. The van der Waals surface area contributed by atoms with E-state index in [9.17, 15) is 4.79 Å². The zero-order valence-corrected chi connectivity index (χ0v) is 14.4. The SMILES string of the molecule is COC(=O)c1nc(-c2n[nH]c3cc(C)ccc23)sc1-c1cccnc1. The number of aromatic amines is 1. The van der Waals surface area contributed by atoms with Crippen molar-refractivity contribution < 1.29 is 9.53 Å². The van der Waals surface area contributed by atoms with Crippen LogP contribution in [0.4, 0.5) is 0 Å². The van der Waals surface area contributed by atoms with Crippen molar-refractivity contribution in [3.05, 3.63) is 54.0 Å². The average Bonchev–Trinajstić information content (AvgIpc) is 3.25. The van der Waals surface area contributed by atoms with Gasteiger partial charge in [-0.2, -0.15) is 5.10 Å². The minimum atomic E-state index is -0.475. The highest BCUT2D eigenvalue weighted by molar-refractivity contribution is 7.18. The van der Waals surface area contributed by atoms with E-state index < -0.39 is 5.97 Å². The fraction of sp³-hybridized carbons (Fsp3) is 0.111. The summed E-state index contributed by atoms with van der Waals surface area (Å²) in [6.45, 7) is 2.03. The van der Waals surface area contributed by atoms with Gasteiger partial charge in [0.25, 0.3) is 0 Å². The molecule has 0 atom stereocenters. The molecular formula is C18H14N4O2S. The molecule has 0 saturated heterocycles. The van der Waals surface area contributed by atoms with Crippen molar-refractivity contribution >= 4 is 28.2 Å². The molecule has 0 fully saturated rings. The van der Waals surface area contributed by atoms with Crippen molar-refractivity contribution in [3.8, 4) is 21.1 Å². The van der Waals surface area contributed by atoms with Gasteiger partial charge in [-0.3, -0.25) is 10.1 Å². The van der Waals surface area contributed by atoms with Crippen molar-refractivity contribution in [2.45, 2.75) is 6.92 Å². The number of thiazole rings is 1. The number of hydrogen-bond acceptors (Lipinski definition) is 6. The molecule has 4 rings (SSSR count). The highest BCUT2D eigenvalue weighted by Crippen LogP contribution is 2.37. The summed E-state index contributed by atoms with van der Waals surface area (Å²) in [5.41, 5.74) is 3.90. The van der Waals surface area contributed by atoms with E-state index in [1.165, 1.54) is 18.4 Å². The molecule has 0 aliphatic heterocycles. The van der Waals surface area contributed by atoms with Gasteiger partial charge in [0.15, 0.2) is 5.69 Å². The van der Waals surface area contributed by atoms with E-state index >= 15 is 0 Å². The molecule has 25 heavy (non-hydrogen) atoms. The Morgan fingerprint density at radius 3 is 2.92 bits per heavy atom. The molecular weight excluding hydrogens is 336 g/mol. The highest BCUT2D eigenvalue weighted by atomic mass is 32.1. The van der Waals surface area contributed by atoms with Gasteiger partial charge in [-0.05, 0) is 24.6 Å². The Morgan fingerprint density at radius 1 is 1.28 bits per heavy atom. The van der Waals surface area contributed by atoms with Gasteiger partial charge in [0.05, 0.1) is 17.5 Å². The lowest BCUT2D eigenvalue weighted by molar-refractivity contribution is 0.0596. The van der Waals surface area contributed by atoms with E-state index in [0.29, 0.717) is 5.01 Å². The van der Waals surface area contributed by atoms with Gasteiger partial charge < -0.3 is 4.74 Å². The van der Waals surface area contributed by atoms with E-state index in [1.807, 2.05) is 37.3 Å². The highest BCUT2D eigenvalue weighted by Gasteiger charge is 2.23. The van der Waals surface area contributed by atoms with Gasteiger partial charge in [-0.25, -0.2) is 9.78 Å². The van der Waals surface area contributed by atoms with Crippen LogP contribution >= 0.6 is 11.3 Å². The summed E-state index contributed by atoms with van der Waals surface area (Å²) < 4.78 is 4.89. The first-order valence-corrected chi connectivity index (χ1v) is 8.43. The number of H-pyrrole nitrogens is 1. The number of ether oxygens (including phenoxy) is 1. The maximum Gasteiger partial charge on any atom is 0.358 e. The molecule has 0 saturated carbocycles. The summed E-state index contributed by atoms with van der Waals surface area (Å²) in [6.07, 6.45) is 3.39.